The average Bonchev–Trinajstić information content (AvgIpc) is 2.48. The van der Waals surface area contributed by atoms with Gasteiger partial charge in [-0.3, -0.25) is 4.79 Å². The molecule has 4 heteroatoms. The highest BCUT2D eigenvalue weighted by Crippen LogP contribution is 2.19. The van der Waals surface area contributed by atoms with Gasteiger partial charge in [-0.15, -0.1) is 0 Å². The van der Waals surface area contributed by atoms with Gasteiger partial charge in [0.05, 0.1) is 11.7 Å². The second-order valence-corrected chi connectivity index (χ2v) is 5.87. The van der Waals surface area contributed by atoms with E-state index in [1.807, 2.05) is 55.5 Å². The van der Waals surface area contributed by atoms with E-state index in [0.717, 1.165) is 10.0 Å². The molecule has 1 amide bonds. The summed E-state index contributed by atoms with van der Waals surface area (Å²) in [6, 6.07) is 16.6. The normalized spacial score (nSPS) is 13.5. The minimum absolute atomic E-state index is 0.125. The monoisotopic (exact) mass is 347 g/mol. The predicted molar refractivity (Wildman–Crippen MR) is 87.1 cm³/mol. The number of hydrogen-bond donors (Lipinski definition) is 2. The molecule has 21 heavy (non-hydrogen) atoms. The maximum atomic E-state index is 12.2. The maximum absolute atomic E-state index is 12.2. The molecule has 0 bridgehead atoms. The minimum atomic E-state index is -0.583. The number of carbonyl (C=O) groups excluding carboxylic acids is 1. The number of aliphatic hydroxyl groups excluding tert-OH is 1. The molecule has 0 aromatic heterocycles. The second-order valence-electron chi connectivity index (χ2n) is 5.02. The molecule has 110 valence electrons. The smallest absolute Gasteiger partial charge is 0.252 e. The van der Waals surface area contributed by atoms with Gasteiger partial charge in [0.2, 0.25) is 0 Å². The molecule has 0 spiro atoms. The molecule has 0 aliphatic rings. The first-order valence-electron chi connectivity index (χ1n) is 6.86. The van der Waals surface area contributed by atoms with Crippen molar-refractivity contribution in [3.63, 3.8) is 0 Å². The summed E-state index contributed by atoms with van der Waals surface area (Å²) >= 11 is 3.36. The SMILES string of the molecule is CC(CC(O)c1ccccc1)NC(=O)c1ccccc1Br. The third-order valence-corrected chi connectivity index (χ3v) is 3.95. The first-order chi connectivity index (χ1) is 10.1. The van der Waals surface area contributed by atoms with E-state index in [-0.39, 0.29) is 11.9 Å². The lowest BCUT2D eigenvalue weighted by atomic mass is 10.0. The molecule has 2 atom stereocenters. The zero-order chi connectivity index (χ0) is 15.2. The number of nitrogens with one attached hydrogen (secondary N) is 1. The zero-order valence-electron chi connectivity index (χ0n) is 11.8. The summed E-state index contributed by atoms with van der Waals surface area (Å²) in [6.45, 7) is 1.89. The van der Waals surface area contributed by atoms with Crippen molar-refractivity contribution in [2.24, 2.45) is 0 Å². The first-order valence-corrected chi connectivity index (χ1v) is 7.65. The van der Waals surface area contributed by atoms with Crippen molar-refractivity contribution in [1.29, 1.82) is 0 Å². The van der Waals surface area contributed by atoms with E-state index in [1.54, 1.807) is 6.07 Å². The highest BCUT2D eigenvalue weighted by Gasteiger charge is 2.16. The molecule has 2 unspecified atom stereocenters. The molecule has 0 saturated carbocycles. The minimum Gasteiger partial charge on any atom is -0.388 e. The van der Waals surface area contributed by atoms with Crippen molar-refractivity contribution >= 4 is 21.8 Å². The molecule has 0 fully saturated rings. The van der Waals surface area contributed by atoms with Crippen molar-refractivity contribution in [2.45, 2.75) is 25.5 Å². The highest BCUT2D eigenvalue weighted by atomic mass is 79.9. The van der Waals surface area contributed by atoms with Crippen LogP contribution in [0, 0.1) is 0 Å². The Morgan fingerprint density at radius 2 is 1.76 bits per heavy atom. The van der Waals surface area contributed by atoms with Crippen LogP contribution in [0.5, 0.6) is 0 Å². The fourth-order valence-electron chi connectivity index (χ4n) is 2.15. The number of aliphatic hydroxyl groups is 1. The summed E-state index contributed by atoms with van der Waals surface area (Å²) in [5.74, 6) is -0.143. The number of rotatable bonds is 5. The van der Waals surface area contributed by atoms with Gasteiger partial charge in [-0.1, -0.05) is 42.5 Å². The van der Waals surface area contributed by atoms with Crippen molar-refractivity contribution in [3.05, 3.63) is 70.2 Å². The molecule has 0 heterocycles. The predicted octanol–water partition coefficient (Wildman–Crippen LogP) is 3.69. The van der Waals surface area contributed by atoms with Crippen LogP contribution in [0.1, 0.15) is 35.4 Å². The van der Waals surface area contributed by atoms with Crippen LogP contribution in [0.2, 0.25) is 0 Å². The summed E-state index contributed by atoms with van der Waals surface area (Å²) in [7, 11) is 0. The number of benzene rings is 2. The van der Waals surface area contributed by atoms with Gasteiger partial charge >= 0.3 is 0 Å². The van der Waals surface area contributed by atoms with E-state index < -0.39 is 6.10 Å². The summed E-state index contributed by atoms with van der Waals surface area (Å²) in [6.07, 6.45) is -0.110. The lowest BCUT2D eigenvalue weighted by molar-refractivity contribution is 0.0916. The maximum Gasteiger partial charge on any atom is 0.252 e. The lowest BCUT2D eigenvalue weighted by Gasteiger charge is -2.18. The second kappa shape index (κ2) is 7.38. The number of amides is 1. The van der Waals surface area contributed by atoms with Crippen molar-refractivity contribution in [3.8, 4) is 0 Å². The molecule has 2 aromatic rings. The molecular weight excluding hydrogens is 330 g/mol. The van der Waals surface area contributed by atoms with Gasteiger partial charge in [-0.05, 0) is 47.0 Å². The van der Waals surface area contributed by atoms with E-state index in [2.05, 4.69) is 21.2 Å². The fraction of sp³-hybridized carbons (Fsp3) is 0.235. The van der Waals surface area contributed by atoms with Gasteiger partial charge < -0.3 is 10.4 Å². The van der Waals surface area contributed by atoms with Gasteiger partial charge in [-0.2, -0.15) is 0 Å². The van der Waals surface area contributed by atoms with E-state index in [9.17, 15) is 9.90 Å². The molecule has 0 aliphatic carbocycles. The molecule has 2 aromatic carbocycles. The van der Waals surface area contributed by atoms with E-state index >= 15 is 0 Å². The largest absolute Gasteiger partial charge is 0.388 e. The molecule has 0 saturated heterocycles. The molecule has 0 aliphatic heterocycles. The Balaban J connectivity index is 1.94. The Morgan fingerprint density at radius 3 is 2.43 bits per heavy atom. The van der Waals surface area contributed by atoms with Crippen LogP contribution in [0.3, 0.4) is 0 Å². The molecule has 2 rings (SSSR count). The Morgan fingerprint density at radius 1 is 1.14 bits per heavy atom. The topological polar surface area (TPSA) is 49.3 Å². The Kier molecular flexibility index (Phi) is 5.53. The summed E-state index contributed by atoms with van der Waals surface area (Å²) in [5, 5.41) is 13.1. The van der Waals surface area contributed by atoms with Gasteiger partial charge in [0.25, 0.3) is 5.91 Å². The lowest BCUT2D eigenvalue weighted by Crippen LogP contribution is -2.33. The first kappa shape index (κ1) is 15.7. The van der Waals surface area contributed by atoms with Crippen molar-refractivity contribution < 1.29 is 9.90 Å². The van der Waals surface area contributed by atoms with Gasteiger partial charge in [0.1, 0.15) is 0 Å². The van der Waals surface area contributed by atoms with Crippen LogP contribution in [0.4, 0.5) is 0 Å². The summed E-state index contributed by atoms with van der Waals surface area (Å²) in [4.78, 5) is 12.2. The Labute approximate surface area is 133 Å². The number of halogens is 1. The third kappa shape index (κ3) is 4.41. The fourth-order valence-corrected chi connectivity index (χ4v) is 2.62. The highest BCUT2D eigenvalue weighted by molar-refractivity contribution is 9.10. The van der Waals surface area contributed by atoms with Crippen LogP contribution < -0.4 is 5.32 Å². The molecule has 2 N–H and O–H groups in total. The Bertz CT molecular complexity index is 601. The molecular formula is C17H18BrNO2. The average molecular weight is 348 g/mol. The quantitative estimate of drug-likeness (QED) is 0.866. The summed E-state index contributed by atoms with van der Waals surface area (Å²) < 4.78 is 0.762. The molecule has 3 nitrogen and oxygen atoms in total. The van der Waals surface area contributed by atoms with Gasteiger partial charge in [0, 0.05) is 10.5 Å². The van der Waals surface area contributed by atoms with Crippen LogP contribution in [0.15, 0.2) is 59.1 Å². The van der Waals surface area contributed by atoms with Gasteiger partial charge in [-0.25, -0.2) is 0 Å². The zero-order valence-corrected chi connectivity index (χ0v) is 13.4. The van der Waals surface area contributed by atoms with Gasteiger partial charge in [0.15, 0.2) is 0 Å². The third-order valence-electron chi connectivity index (χ3n) is 3.26. The van der Waals surface area contributed by atoms with Crippen LogP contribution in [0.25, 0.3) is 0 Å². The van der Waals surface area contributed by atoms with Crippen LogP contribution >= 0.6 is 15.9 Å². The Hall–Kier alpha value is -1.65. The van der Waals surface area contributed by atoms with E-state index in [4.69, 9.17) is 0 Å². The van der Waals surface area contributed by atoms with E-state index in [0.29, 0.717) is 12.0 Å². The van der Waals surface area contributed by atoms with E-state index in [1.165, 1.54) is 0 Å². The number of carbonyl (C=O) groups is 1. The van der Waals surface area contributed by atoms with Crippen LogP contribution in [-0.4, -0.2) is 17.1 Å². The van der Waals surface area contributed by atoms with Crippen LogP contribution in [-0.2, 0) is 0 Å². The van der Waals surface area contributed by atoms with Crippen molar-refractivity contribution in [1.82, 2.24) is 5.32 Å². The molecule has 0 radical (unpaired) electrons. The van der Waals surface area contributed by atoms with Crippen molar-refractivity contribution in [2.75, 3.05) is 0 Å². The standard InChI is InChI=1S/C17H18BrNO2/c1-12(11-16(20)13-7-3-2-4-8-13)19-17(21)14-9-5-6-10-15(14)18/h2-10,12,16,20H,11H2,1H3,(H,19,21). The summed E-state index contributed by atoms with van der Waals surface area (Å²) in [5.41, 5.74) is 1.46. The number of hydrogen-bond acceptors (Lipinski definition) is 2.